The van der Waals surface area contributed by atoms with Gasteiger partial charge in [0.05, 0.1) is 27.5 Å². The molecule has 0 atom stereocenters. The van der Waals surface area contributed by atoms with Crippen LogP contribution in [0.2, 0.25) is 0 Å². The van der Waals surface area contributed by atoms with E-state index >= 15 is 0 Å². The van der Waals surface area contributed by atoms with Gasteiger partial charge in [-0.25, -0.2) is 0 Å². The third-order valence-electron chi connectivity index (χ3n) is 10.5. The second-order valence-corrected chi connectivity index (χ2v) is 13.3. The molecule has 0 amide bonds. The van der Waals surface area contributed by atoms with Crippen molar-refractivity contribution < 1.29 is 4.42 Å². The first-order chi connectivity index (χ1) is 25.3. The van der Waals surface area contributed by atoms with Crippen LogP contribution < -0.4 is 0 Å². The molecule has 0 bridgehead atoms. The summed E-state index contributed by atoms with van der Waals surface area (Å²) in [4.78, 5) is 0. The normalized spacial score (nSPS) is 11.9. The van der Waals surface area contributed by atoms with Gasteiger partial charge in [-0.2, -0.15) is 0 Å². The molecule has 3 aromatic heterocycles. The van der Waals surface area contributed by atoms with E-state index in [1.165, 1.54) is 60.3 Å². The van der Waals surface area contributed by atoms with Crippen molar-refractivity contribution in [3.05, 3.63) is 182 Å². The number of hydrogen-bond donors (Lipinski definition) is 0. The van der Waals surface area contributed by atoms with Crippen molar-refractivity contribution in [2.75, 3.05) is 0 Å². The van der Waals surface area contributed by atoms with Gasteiger partial charge in [0, 0.05) is 38.3 Å². The van der Waals surface area contributed by atoms with Gasteiger partial charge in [0.1, 0.15) is 11.2 Å². The van der Waals surface area contributed by atoms with Gasteiger partial charge in [-0.05, 0) is 89.0 Å². The van der Waals surface area contributed by atoms with Crippen molar-refractivity contribution >= 4 is 65.6 Å². The first-order valence-corrected chi connectivity index (χ1v) is 17.4. The fraction of sp³-hybridized carbons (Fsp3) is 0. The van der Waals surface area contributed by atoms with E-state index in [-0.39, 0.29) is 0 Å². The molecular weight excluding hydrogens is 621 g/mol. The molecule has 0 unspecified atom stereocenters. The lowest BCUT2D eigenvalue weighted by Crippen LogP contribution is -1.95. The standard InChI is InChI=1S/C48H30N2O/c1-2-10-31(11-3-1)34-22-27-41-46(30-34)51-45-29-28-40-39-14-6-9-17-44(39)50(48(40)47(41)45)36-25-20-33(21-26-36)32-18-23-35(24-19-32)49-42-15-7-4-12-37(42)38-13-5-8-16-43(38)49/h1-30H. The SMILES string of the molecule is c1ccc(-c2ccc3c(c2)oc2ccc4c5ccccc5n(-c5ccc(-c6ccc(-n7c8ccccc8c8ccccc87)cc6)cc5)c4c23)cc1. The predicted octanol–water partition coefficient (Wildman–Crippen LogP) is 13.1. The Bertz CT molecular complexity index is 3050. The Kier molecular flexibility index (Phi) is 5.96. The van der Waals surface area contributed by atoms with Crippen molar-refractivity contribution in [2.45, 2.75) is 0 Å². The van der Waals surface area contributed by atoms with Crippen LogP contribution in [0.4, 0.5) is 0 Å². The summed E-state index contributed by atoms with van der Waals surface area (Å²) in [6.07, 6.45) is 0. The molecule has 0 aliphatic carbocycles. The molecule has 11 rings (SSSR count). The molecule has 51 heavy (non-hydrogen) atoms. The first kappa shape index (κ1) is 28.0. The average Bonchev–Trinajstić information content (AvgIpc) is 3.86. The molecule has 0 fully saturated rings. The van der Waals surface area contributed by atoms with E-state index in [2.05, 4.69) is 191 Å². The van der Waals surface area contributed by atoms with Crippen molar-refractivity contribution in [3.8, 4) is 33.6 Å². The number of fused-ring (bicyclic) bond motifs is 10. The highest BCUT2D eigenvalue weighted by Crippen LogP contribution is 2.42. The van der Waals surface area contributed by atoms with Crippen LogP contribution in [0.25, 0.3) is 99.2 Å². The molecule has 3 heterocycles. The molecule has 3 nitrogen and oxygen atoms in total. The minimum absolute atomic E-state index is 0.895. The Morgan fingerprint density at radius 1 is 0.314 bits per heavy atom. The summed E-state index contributed by atoms with van der Waals surface area (Å²) >= 11 is 0. The van der Waals surface area contributed by atoms with E-state index in [9.17, 15) is 0 Å². The number of hydrogen-bond acceptors (Lipinski definition) is 1. The molecule has 0 aliphatic rings. The summed E-state index contributed by atoms with van der Waals surface area (Å²) in [6, 6.07) is 65.4. The highest BCUT2D eigenvalue weighted by atomic mass is 16.3. The van der Waals surface area contributed by atoms with Crippen molar-refractivity contribution in [2.24, 2.45) is 0 Å². The maximum atomic E-state index is 6.56. The Hall–Kier alpha value is -6.84. The lowest BCUT2D eigenvalue weighted by atomic mass is 10.0. The number of nitrogens with zero attached hydrogens (tertiary/aromatic N) is 2. The summed E-state index contributed by atoms with van der Waals surface area (Å²) in [6.45, 7) is 0. The fourth-order valence-corrected chi connectivity index (χ4v) is 8.20. The molecule has 0 aliphatic heterocycles. The molecule has 0 saturated heterocycles. The van der Waals surface area contributed by atoms with Crippen LogP contribution in [-0.4, -0.2) is 9.13 Å². The Labute approximate surface area is 293 Å². The third kappa shape index (κ3) is 4.19. The number of para-hydroxylation sites is 3. The third-order valence-corrected chi connectivity index (χ3v) is 10.5. The van der Waals surface area contributed by atoms with Crippen LogP contribution >= 0.6 is 0 Å². The highest BCUT2D eigenvalue weighted by Gasteiger charge is 2.19. The van der Waals surface area contributed by atoms with Gasteiger partial charge in [0.15, 0.2) is 0 Å². The van der Waals surface area contributed by atoms with E-state index < -0.39 is 0 Å². The monoisotopic (exact) mass is 650 g/mol. The summed E-state index contributed by atoms with van der Waals surface area (Å²) < 4.78 is 11.3. The maximum Gasteiger partial charge on any atom is 0.137 e. The lowest BCUT2D eigenvalue weighted by molar-refractivity contribution is 0.669. The number of benzene rings is 8. The Morgan fingerprint density at radius 2 is 0.784 bits per heavy atom. The maximum absolute atomic E-state index is 6.56. The topological polar surface area (TPSA) is 23.0 Å². The molecule has 0 saturated carbocycles. The van der Waals surface area contributed by atoms with Gasteiger partial charge in [-0.3, -0.25) is 0 Å². The predicted molar refractivity (Wildman–Crippen MR) is 213 cm³/mol. The largest absolute Gasteiger partial charge is 0.456 e. The van der Waals surface area contributed by atoms with E-state index in [0.29, 0.717) is 0 Å². The zero-order chi connectivity index (χ0) is 33.5. The number of aromatic nitrogens is 2. The van der Waals surface area contributed by atoms with E-state index in [1.807, 2.05) is 0 Å². The van der Waals surface area contributed by atoms with Gasteiger partial charge >= 0.3 is 0 Å². The molecule has 11 aromatic rings. The smallest absolute Gasteiger partial charge is 0.137 e. The van der Waals surface area contributed by atoms with Crippen LogP contribution in [0.3, 0.4) is 0 Å². The van der Waals surface area contributed by atoms with Crippen molar-refractivity contribution in [1.82, 2.24) is 9.13 Å². The molecule has 0 radical (unpaired) electrons. The average molecular weight is 651 g/mol. The van der Waals surface area contributed by atoms with E-state index in [4.69, 9.17) is 4.42 Å². The molecule has 0 spiro atoms. The second kappa shape index (κ2) is 10.8. The zero-order valence-corrected chi connectivity index (χ0v) is 27.6. The number of rotatable bonds is 4. The Morgan fingerprint density at radius 3 is 1.41 bits per heavy atom. The second-order valence-electron chi connectivity index (χ2n) is 13.3. The van der Waals surface area contributed by atoms with Crippen molar-refractivity contribution in [1.29, 1.82) is 0 Å². The fourth-order valence-electron chi connectivity index (χ4n) is 8.20. The lowest BCUT2D eigenvalue weighted by Gasteiger charge is -2.11. The molecule has 238 valence electrons. The van der Waals surface area contributed by atoms with Gasteiger partial charge in [0.2, 0.25) is 0 Å². The molecule has 3 heteroatoms. The van der Waals surface area contributed by atoms with Crippen LogP contribution in [-0.2, 0) is 0 Å². The minimum atomic E-state index is 0.895. The van der Waals surface area contributed by atoms with Crippen LogP contribution in [0, 0.1) is 0 Å². The first-order valence-electron chi connectivity index (χ1n) is 17.4. The summed E-state index contributed by atoms with van der Waals surface area (Å²) in [5.41, 5.74) is 13.6. The van der Waals surface area contributed by atoms with Gasteiger partial charge in [0.25, 0.3) is 0 Å². The van der Waals surface area contributed by atoms with Gasteiger partial charge < -0.3 is 13.6 Å². The number of furan rings is 1. The summed E-state index contributed by atoms with van der Waals surface area (Å²) in [7, 11) is 0. The van der Waals surface area contributed by atoms with Crippen LogP contribution in [0.15, 0.2) is 186 Å². The molecule has 8 aromatic carbocycles. The van der Waals surface area contributed by atoms with Crippen LogP contribution in [0.1, 0.15) is 0 Å². The molecular formula is C48H30N2O. The molecule has 0 N–H and O–H groups in total. The minimum Gasteiger partial charge on any atom is -0.456 e. The highest BCUT2D eigenvalue weighted by molar-refractivity contribution is 6.24. The van der Waals surface area contributed by atoms with E-state index in [1.54, 1.807) is 0 Å². The summed E-state index contributed by atoms with van der Waals surface area (Å²) in [5, 5.41) is 7.26. The summed E-state index contributed by atoms with van der Waals surface area (Å²) in [5.74, 6) is 0. The van der Waals surface area contributed by atoms with Crippen molar-refractivity contribution in [3.63, 3.8) is 0 Å². The van der Waals surface area contributed by atoms with E-state index in [0.717, 1.165) is 38.9 Å². The van der Waals surface area contributed by atoms with Gasteiger partial charge in [-0.1, -0.05) is 115 Å². The Balaban J connectivity index is 1.03. The van der Waals surface area contributed by atoms with Gasteiger partial charge in [-0.15, -0.1) is 0 Å². The quantitative estimate of drug-likeness (QED) is 0.186. The van der Waals surface area contributed by atoms with Crippen LogP contribution in [0.5, 0.6) is 0 Å². The zero-order valence-electron chi connectivity index (χ0n) is 27.6.